The molecule has 3 heteroatoms. The van der Waals surface area contributed by atoms with Crippen molar-refractivity contribution in [3.63, 3.8) is 0 Å². The van der Waals surface area contributed by atoms with Crippen LogP contribution in [0.4, 0.5) is 0 Å². The Labute approximate surface area is 128 Å². The molecule has 0 bridgehead atoms. The molecule has 1 aliphatic heterocycles. The normalized spacial score (nSPS) is 17.2. The quantitative estimate of drug-likeness (QED) is 0.843. The highest BCUT2D eigenvalue weighted by atomic mass is 16.5. The van der Waals surface area contributed by atoms with E-state index in [0.717, 1.165) is 31.6 Å². The second kappa shape index (κ2) is 6.80. The maximum Gasteiger partial charge on any atom is 0.122 e. The molecule has 0 saturated carbocycles. The number of aliphatic hydroxyl groups is 1. The van der Waals surface area contributed by atoms with Crippen molar-refractivity contribution in [1.82, 2.24) is 5.32 Å². The lowest BCUT2D eigenvalue weighted by Gasteiger charge is -2.35. The highest BCUT2D eigenvalue weighted by molar-refractivity contribution is 5.40. The van der Waals surface area contributed by atoms with Crippen molar-refractivity contribution >= 4 is 0 Å². The van der Waals surface area contributed by atoms with Gasteiger partial charge in [-0.15, -0.1) is 0 Å². The van der Waals surface area contributed by atoms with Gasteiger partial charge in [-0.25, -0.2) is 0 Å². The summed E-state index contributed by atoms with van der Waals surface area (Å²) in [5.74, 6) is 1.04. The molecule has 1 aromatic carbocycles. The lowest BCUT2D eigenvalue weighted by molar-refractivity contribution is 0.184. The van der Waals surface area contributed by atoms with E-state index >= 15 is 0 Å². The van der Waals surface area contributed by atoms with Crippen LogP contribution in [0.15, 0.2) is 18.2 Å². The molecule has 2 rings (SSSR count). The van der Waals surface area contributed by atoms with Crippen molar-refractivity contribution in [3.8, 4) is 5.75 Å². The fourth-order valence-corrected chi connectivity index (χ4v) is 3.01. The van der Waals surface area contributed by atoms with Crippen molar-refractivity contribution in [3.05, 3.63) is 29.3 Å². The van der Waals surface area contributed by atoms with Gasteiger partial charge >= 0.3 is 0 Å². The predicted molar refractivity (Wildman–Crippen MR) is 86.8 cm³/mol. The van der Waals surface area contributed by atoms with Crippen LogP contribution in [0, 0.1) is 5.41 Å². The second-order valence-corrected chi connectivity index (χ2v) is 7.02. The fraction of sp³-hybridized carbons (Fsp3) is 0.667. The Morgan fingerprint density at radius 2 is 2.10 bits per heavy atom. The van der Waals surface area contributed by atoms with E-state index in [-0.39, 0.29) is 12.0 Å². The predicted octanol–water partition coefficient (Wildman–Crippen LogP) is 3.46. The van der Waals surface area contributed by atoms with E-state index < -0.39 is 0 Å². The molecular formula is C18H29NO2. The van der Waals surface area contributed by atoms with E-state index in [4.69, 9.17) is 4.74 Å². The number of hydrogen-bond acceptors (Lipinski definition) is 3. The molecule has 0 aliphatic carbocycles. The number of aliphatic hydroxyl groups excluding tert-OH is 1. The van der Waals surface area contributed by atoms with E-state index in [0.29, 0.717) is 12.1 Å². The number of rotatable bonds is 6. The lowest BCUT2D eigenvalue weighted by atomic mass is 9.83. The average molecular weight is 291 g/mol. The molecular weight excluding hydrogens is 262 g/mol. The van der Waals surface area contributed by atoms with E-state index in [1.165, 1.54) is 11.1 Å². The average Bonchev–Trinajstić information content (AvgIpc) is 2.89. The van der Waals surface area contributed by atoms with Crippen molar-refractivity contribution in [2.75, 3.05) is 13.2 Å². The Kier molecular flexibility index (Phi) is 5.28. The summed E-state index contributed by atoms with van der Waals surface area (Å²) in [5.41, 5.74) is 2.78. The van der Waals surface area contributed by atoms with Gasteiger partial charge in [-0.05, 0) is 35.4 Å². The molecule has 118 valence electrons. The SMILES string of the molecule is CCC(NC(CCO)C(C)(C)C)c1ccc2c(c1)CCO2. The van der Waals surface area contributed by atoms with Crippen molar-refractivity contribution in [1.29, 1.82) is 0 Å². The van der Waals surface area contributed by atoms with Gasteiger partial charge < -0.3 is 15.2 Å². The summed E-state index contributed by atoms with van der Waals surface area (Å²) < 4.78 is 5.59. The van der Waals surface area contributed by atoms with E-state index in [1.807, 2.05) is 0 Å². The van der Waals surface area contributed by atoms with Gasteiger partial charge in [-0.2, -0.15) is 0 Å². The third-order valence-electron chi connectivity index (χ3n) is 4.39. The summed E-state index contributed by atoms with van der Waals surface area (Å²) in [6.45, 7) is 9.92. The zero-order valence-electron chi connectivity index (χ0n) is 13.8. The standard InChI is InChI=1S/C18H29NO2/c1-5-15(19-17(8-10-20)18(2,3)4)13-6-7-16-14(12-13)9-11-21-16/h6-7,12,15,17,19-20H,5,8-11H2,1-4H3. The molecule has 21 heavy (non-hydrogen) atoms. The molecule has 0 aromatic heterocycles. The van der Waals surface area contributed by atoms with Crippen LogP contribution in [0.3, 0.4) is 0 Å². The van der Waals surface area contributed by atoms with Crippen molar-refractivity contribution in [2.45, 2.75) is 59.0 Å². The fourth-order valence-electron chi connectivity index (χ4n) is 3.01. The first kappa shape index (κ1) is 16.3. The Balaban J connectivity index is 2.15. The lowest BCUT2D eigenvalue weighted by Crippen LogP contribution is -2.42. The van der Waals surface area contributed by atoms with Crippen LogP contribution in [0.5, 0.6) is 5.75 Å². The van der Waals surface area contributed by atoms with Gasteiger partial charge in [-0.3, -0.25) is 0 Å². The van der Waals surface area contributed by atoms with Gasteiger partial charge in [0.2, 0.25) is 0 Å². The van der Waals surface area contributed by atoms with E-state index in [2.05, 4.69) is 51.2 Å². The van der Waals surface area contributed by atoms with Gasteiger partial charge in [0, 0.05) is 25.1 Å². The van der Waals surface area contributed by atoms with Gasteiger partial charge in [0.1, 0.15) is 5.75 Å². The molecule has 2 atom stereocenters. The summed E-state index contributed by atoms with van der Waals surface area (Å²) in [4.78, 5) is 0. The topological polar surface area (TPSA) is 41.5 Å². The molecule has 1 aliphatic rings. The molecule has 0 radical (unpaired) electrons. The molecule has 3 nitrogen and oxygen atoms in total. The molecule has 0 saturated heterocycles. The number of hydrogen-bond donors (Lipinski definition) is 2. The number of nitrogens with one attached hydrogen (secondary N) is 1. The highest BCUT2D eigenvalue weighted by Gasteiger charge is 2.27. The minimum absolute atomic E-state index is 0.135. The molecule has 1 heterocycles. The summed E-state index contributed by atoms with van der Waals surface area (Å²) in [5, 5.41) is 13.1. The van der Waals surface area contributed by atoms with Crippen LogP contribution < -0.4 is 10.1 Å². The van der Waals surface area contributed by atoms with Gasteiger partial charge in [-0.1, -0.05) is 39.8 Å². The Morgan fingerprint density at radius 1 is 1.33 bits per heavy atom. The Bertz CT molecular complexity index is 465. The molecule has 0 amide bonds. The number of benzene rings is 1. The Hall–Kier alpha value is -1.06. The van der Waals surface area contributed by atoms with Crippen molar-refractivity contribution < 1.29 is 9.84 Å². The first-order valence-corrected chi connectivity index (χ1v) is 8.08. The summed E-state index contributed by atoms with van der Waals surface area (Å²) in [7, 11) is 0. The molecule has 0 spiro atoms. The molecule has 2 unspecified atom stereocenters. The zero-order valence-corrected chi connectivity index (χ0v) is 13.8. The summed E-state index contributed by atoms with van der Waals surface area (Å²) in [6, 6.07) is 7.18. The molecule has 2 N–H and O–H groups in total. The van der Waals surface area contributed by atoms with Gasteiger partial charge in [0.15, 0.2) is 0 Å². The van der Waals surface area contributed by atoms with Crippen LogP contribution in [0.1, 0.15) is 57.7 Å². The van der Waals surface area contributed by atoms with Crippen molar-refractivity contribution in [2.24, 2.45) is 5.41 Å². The van der Waals surface area contributed by atoms with Crippen LogP contribution in [-0.4, -0.2) is 24.4 Å². The third-order valence-corrected chi connectivity index (χ3v) is 4.39. The second-order valence-electron chi connectivity index (χ2n) is 7.02. The molecule has 0 fully saturated rings. The first-order chi connectivity index (χ1) is 9.95. The van der Waals surface area contributed by atoms with Crippen LogP contribution >= 0.6 is 0 Å². The third kappa shape index (κ3) is 3.98. The Morgan fingerprint density at radius 3 is 2.71 bits per heavy atom. The number of ether oxygens (including phenoxy) is 1. The first-order valence-electron chi connectivity index (χ1n) is 8.08. The largest absolute Gasteiger partial charge is 0.493 e. The molecule has 1 aromatic rings. The highest BCUT2D eigenvalue weighted by Crippen LogP contribution is 2.31. The summed E-state index contributed by atoms with van der Waals surface area (Å²) in [6.07, 6.45) is 2.84. The van der Waals surface area contributed by atoms with Gasteiger partial charge in [0.05, 0.1) is 6.61 Å². The van der Waals surface area contributed by atoms with Gasteiger partial charge in [0.25, 0.3) is 0 Å². The van der Waals surface area contributed by atoms with E-state index in [1.54, 1.807) is 0 Å². The van der Waals surface area contributed by atoms with Crippen LogP contribution in [0.25, 0.3) is 0 Å². The van der Waals surface area contributed by atoms with Crippen LogP contribution in [-0.2, 0) is 6.42 Å². The smallest absolute Gasteiger partial charge is 0.122 e. The van der Waals surface area contributed by atoms with Crippen LogP contribution in [0.2, 0.25) is 0 Å². The monoisotopic (exact) mass is 291 g/mol. The maximum absolute atomic E-state index is 9.33. The minimum Gasteiger partial charge on any atom is -0.493 e. The zero-order chi connectivity index (χ0) is 15.5. The number of fused-ring (bicyclic) bond motifs is 1. The maximum atomic E-state index is 9.33. The summed E-state index contributed by atoms with van der Waals surface area (Å²) >= 11 is 0. The minimum atomic E-state index is 0.135. The van der Waals surface area contributed by atoms with E-state index in [9.17, 15) is 5.11 Å².